The Morgan fingerprint density at radius 1 is 1.00 bits per heavy atom. The van der Waals surface area contributed by atoms with Gasteiger partial charge >= 0.3 is 0 Å². The second kappa shape index (κ2) is 14.8. The van der Waals surface area contributed by atoms with Gasteiger partial charge in [-0.3, -0.25) is 9.69 Å². The Hall–Kier alpha value is -1.17. The van der Waals surface area contributed by atoms with E-state index in [0.717, 1.165) is 27.6 Å². The van der Waals surface area contributed by atoms with Gasteiger partial charge in [-0.25, -0.2) is 8.42 Å². The summed E-state index contributed by atoms with van der Waals surface area (Å²) in [6, 6.07) is 5.93. The largest absolute Gasteiger partial charge is 0.378 e. The van der Waals surface area contributed by atoms with Crippen LogP contribution in [0.5, 0.6) is 0 Å². The number of hydrogen-bond acceptors (Lipinski definition) is 8. The van der Waals surface area contributed by atoms with Gasteiger partial charge in [-0.05, 0) is 42.8 Å². The summed E-state index contributed by atoms with van der Waals surface area (Å²) >= 11 is 0. The molecular formula is C20H34N2O6S2. The summed E-state index contributed by atoms with van der Waals surface area (Å²) in [7, 11) is -0.248. The Bertz CT molecular complexity index is 723. The number of likely N-dealkylation sites (N-methyl/N-ethyl adjacent to an activating group) is 1. The summed E-state index contributed by atoms with van der Waals surface area (Å²) in [4.78, 5) is 14.1. The molecule has 0 radical (unpaired) electrons. The Balaban J connectivity index is 1.99. The minimum atomic E-state index is -3.00. The molecule has 0 unspecified atom stereocenters. The maximum atomic E-state index is 12.2. The fraction of sp³-hybridized carbons (Fsp3) is 0.650. The Morgan fingerprint density at radius 2 is 1.53 bits per heavy atom. The first kappa shape index (κ1) is 26.9. The molecule has 172 valence electrons. The van der Waals surface area contributed by atoms with Gasteiger partial charge in [0.05, 0.1) is 46.2 Å². The van der Waals surface area contributed by atoms with Gasteiger partial charge in [-0.1, -0.05) is 18.2 Å². The molecule has 0 fully saturated rings. The van der Waals surface area contributed by atoms with Crippen LogP contribution in [-0.4, -0.2) is 91.0 Å². The Labute approximate surface area is 184 Å². The number of aryl methyl sites for hydroxylation is 2. The molecule has 0 aliphatic carbocycles. The summed E-state index contributed by atoms with van der Waals surface area (Å²) < 4.78 is 38.1. The summed E-state index contributed by atoms with van der Waals surface area (Å²) in [6.07, 6.45) is 1.18. The monoisotopic (exact) mass is 462 g/mol. The van der Waals surface area contributed by atoms with Crippen molar-refractivity contribution in [1.82, 2.24) is 4.90 Å². The number of nitrogens with one attached hydrogen (secondary N) is 1. The van der Waals surface area contributed by atoms with Gasteiger partial charge in [0.2, 0.25) is 5.91 Å². The number of benzene rings is 1. The van der Waals surface area contributed by atoms with E-state index in [0.29, 0.717) is 58.5 Å². The van der Waals surface area contributed by atoms with Gasteiger partial charge in [-0.15, -0.1) is 0 Å². The summed E-state index contributed by atoms with van der Waals surface area (Å²) in [5, 5.41) is 2.98. The van der Waals surface area contributed by atoms with Crippen molar-refractivity contribution in [2.75, 3.05) is 77.1 Å². The first-order valence-electron chi connectivity index (χ1n) is 9.81. The predicted molar refractivity (Wildman–Crippen MR) is 122 cm³/mol. The third-order valence-corrected chi connectivity index (χ3v) is 6.59. The highest BCUT2D eigenvalue weighted by atomic mass is 33.1. The topological polar surface area (TPSA) is 94.2 Å². The lowest BCUT2D eigenvalue weighted by Gasteiger charge is -2.17. The van der Waals surface area contributed by atoms with Gasteiger partial charge in [0.1, 0.15) is 0 Å². The molecular weight excluding hydrogens is 428 g/mol. The van der Waals surface area contributed by atoms with Crippen LogP contribution in [0.4, 0.5) is 5.69 Å². The predicted octanol–water partition coefficient (Wildman–Crippen LogP) is 1.92. The van der Waals surface area contributed by atoms with Crippen molar-refractivity contribution >= 4 is 31.3 Å². The van der Waals surface area contributed by atoms with E-state index in [9.17, 15) is 13.2 Å². The fourth-order valence-electron chi connectivity index (χ4n) is 2.52. The van der Waals surface area contributed by atoms with Crippen LogP contribution >= 0.6 is 10.8 Å². The second-order valence-electron chi connectivity index (χ2n) is 6.92. The van der Waals surface area contributed by atoms with E-state index in [-0.39, 0.29) is 5.91 Å². The molecule has 0 atom stereocenters. The van der Waals surface area contributed by atoms with Gasteiger partial charge in [0, 0.05) is 24.2 Å². The Morgan fingerprint density at radius 3 is 2.10 bits per heavy atom. The van der Waals surface area contributed by atoms with Crippen LogP contribution in [0, 0.1) is 13.8 Å². The van der Waals surface area contributed by atoms with E-state index in [1.807, 2.05) is 44.0 Å². The highest BCUT2D eigenvalue weighted by molar-refractivity contribution is 8.71. The minimum Gasteiger partial charge on any atom is -0.378 e. The van der Waals surface area contributed by atoms with E-state index in [1.165, 1.54) is 6.26 Å². The lowest BCUT2D eigenvalue weighted by atomic mass is 10.1. The first-order chi connectivity index (χ1) is 14.2. The number of para-hydroxylation sites is 1. The van der Waals surface area contributed by atoms with Crippen molar-refractivity contribution in [1.29, 1.82) is 0 Å². The highest BCUT2D eigenvalue weighted by Gasteiger charge is 2.10. The molecule has 0 saturated heterocycles. The molecule has 10 heteroatoms. The molecule has 1 N–H and O–H groups in total. The van der Waals surface area contributed by atoms with Crippen molar-refractivity contribution in [3.05, 3.63) is 29.3 Å². The standard InChI is InChI=1S/C20H34N2O6S2/c1-17-6-5-7-18(2)20(17)21-19(23)16-22(3)8-9-26-10-11-27-12-13-28-14-15-29-30(4,24)25/h5-7H,8-16H2,1-4H3,(H,21,23). The van der Waals surface area contributed by atoms with Gasteiger partial charge in [0.15, 0.2) is 8.87 Å². The van der Waals surface area contributed by atoms with E-state index in [4.69, 9.17) is 14.2 Å². The molecule has 0 aromatic heterocycles. The molecule has 0 heterocycles. The van der Waals surface area contributed by atoms with Crippen molar-refractivity contribution in [3.63, 3.8) is 0 Å². The lowest BCUT2D eigenvalue weighted by molar-refractivity contribution is -0.117. The molecule has 0 aliphatic rings. The zero-order valence-corrected chi connectivity index (χ0v) is 19.9. The molecule has 0 spiro atoms. The molecule has 1 amide bonds. The fourth-order valence-corrected chi connectivity index (χ4v) is 4.12. The number of nitrogens with zero attached hydrogens (tertiary/aromatic N) is 1. The smallest absolute Gasteiger partial charge is 0.238 e. The average Bonchev–Trinajstić information content (AvgIpc) is 2.65. The van der Waals surface area contributed by atoms with Crippen LogP contribution in [-0.2, 0) is 27.9 Å². The van der Waals surface area contributed by atoms with Crippen LogP contribution in [0.1, 0.15) is 11.1 Å². The zero-order valence-electron chi connectivity index (χ0n) is 18.3. The van der Waals surface area contributed by atoms with Crippen LogP contribution in [0.15, 0.2) is 18.2 Å². The van der Waals surface area contributed by atoms with Crippen LogP contribution in [0.25, 0.3) is 0 Å². The molecule has 0 saturated carbocycles. The third kappa shape index (κ3) is 13.2. The van der Waals surface area contributed by atoms with Crippen LogP contribution < -0.4 is 5.32 Å². The van der Waals surface area contributed by atoms with E-state index in [2.05, 4.69) is 5.32 Å². The zero-order chi connectivity index (χ0) is 22.4. The SMILES string of the molecule is Cc1cccc(C)c1NC(=O)CN(C)CCOCCOCCOCCSS(C)(=O)=O. The van der Waals surface area contributed by atoms with Crippen molar-refractivity contribution < 1.29 is 27.4 Å². The van der Waals surface area contributed by atoms with E-state index >= 15 is 0 Å². The summed E-state index contributed by atoms with van der Waals surface area (Å²) in [5.41, 5.74) is 2.97. The molecule has 1 aromatic carbocycles. The first-order valence-corrected chi connectivity index (χ1v) is 13.2. The quantitative estimate of drug-likeness (QED) is 0.294. The Kier molecular flexibility index (Phi) is 13.2. The summed E-state index contributed by atoms with van der Waals surface area (Å²) in [6.45, 7) is 7.55. The number of amides is 1. The number of anilines is 1. The molecule has 0 bridgehead atoms. The maximum Gasteiger partial charge on any atom is 0.238 e. The van der Waals surface area contributed by atoms with E-state index in [1.54, 1.807) is 0 Å². The number of carbonyl (C=O) groups is 1. The van der Waals surface area contributed by atoms with Crippen LogP contribution in [0.2, 0.25) is 0 Å². The number of hydrogen-bond donors (Lipinski definition) is 1. The third-order valence-electron chi connectivity index (χ3n) is 4.05. The molecule has 30 heavy (non-hydrogen) atoms. The summed E-state index contributed by atoms with van der Waals surface area (Å²) in [5.74, 6) is 0.367. The number of rotatable bonds is 16. The van der Waals surface area contributed by atoms with Gasteiger partial charge in [0.25, 0.3) is 0 Å². The molecule has 1 rings (SSSR count). The molecule has 8 nitrogen and oxygen atoms in total. The van der Waals surface area contributed by atoms with Gasteiger partial charge in [-0.2, -0.15) is 0 Å². The van der Waals surface area contributed by atoms with Crippen molar-refractivity contribution in [2.45, 2.75) is 13.8 Å². The van der Waals surface area contributed by atoms with Crippen molar-refractivity contribution in [3.8, 4) is 0 Å². The van der Waals surface area contributed by atoms with Crippen LogP contribution in [0.3, 0.4) is 0 Å². The minimum absolute atomic E-state index is 0.0480. The average molecular weight is 463 g/mol. The number of carbonyl (C=O) groups excluding carboxylic acids is 1. The molecule has 0 aliphatic heterocycles. The van der Waals surface area contributed by atoms with Crippen molar-refractivity contribution in [2.24, 2.45) is 0 Å². The molecule has 1 aromatic rings. The van der Waals surface area contributed by atoms with Gasteiger partial charge < -0.3 is 19.5 Å². The lowest BCUT2D eigenvalue weighted by Crippen LogP contribution is -2.33. The maximum absolute atomic E-state index is 12.2. The highest BCUT2D eigenvalue weighted by Crippen LogP contribution is 2.19. The normalized spacial score (nSPS) is 11.8. The number of ether oxygens (including phenoxy) is 3. The second-order valence-corrected chi connectivity index (χ2v) is 11.5. The van der Waals surface area contributed by atoms with E-state index < -0.39 is 8.87 Å².